The summed E-state index contributed by atoms with van der Waals surface area (Å²) in [6.45, 7) is 2.54. The largest absolute Gasteiger partial charge is 0.495 e. The van der Waals surface area contributed by atoms with Crippen molar-refractivity contribution < 1.29 is 17.9 Å². The van der Waals surface area contributed by atoms with Gasteiger partial charge in [-0.3, -0.25) is 4.79 Å². The van der Waals surface area contributed by atoms with Crippen molar-refractivity contribution in [3.05, 3.63) is 54.1 Å². The van der Waals surface area contributed by atoms with Crippen molar-refractivity contribution in [1.29, 1.82) is 0 Å². The van der Waals surface area contributed by atoms with Gasteiger partial charge in [0, 0.05) is 19.0 Å². The van der Waals surface area contributed by atoms with Gasteiger partial charge in [0.05, 0.1) is 17.7 Å². The van der Waals surface area contributed by atoms with E-state index in [2.05, 4.69) is 5.32 Å². The molecule has 0 saturated carbocycles. The van der Waals surface area contributed by atoms with Crippen LogP contribution in [-0.2, 0) is 14.8 Å². The maximum absolute atomic E-state index is 12.8. The number of nitrogens with zero attached hydrogens (tertiary/aromatic N) is 1. The molecule has 0 radical (unpaired) electrons. The van der Waals surface area contributed by atoms with E-state index in [4.69, 9.17) is 4.74 Å². The van der Waals surface area contributed by atoms with Gasteiger partial charge in [-0.2, -0.15) is 4.31 Å². The molecule has 0 unspecified atom stereocenters. The molecule has 0 bridgehead atoms. The second kappa shape index (κ2) is 8.10. The molecule has 1 aliphatic heterocycles. The Hall–Kier alpha value is -2.38. The number of ether oxygens (including phenoxy) is 1. The highest BCUT2D eigenvalue weighted by Crippen LogP contribution is 2.27. The Morgan fingerprint density at radius 1 is 1.11 bits per heavy atom. The molecule has 7 heteroatoms. The summed E-state index contributed by atoms with van der Waals surface area (Å²) in [6, 6.07) is 14.1. The van der Waals surface area contributed by atoms with Gasteiger partial charge in [-0.25, -0.2) is 8.42 Å². The van der Waals surface area contributed by atoms with Crippen molar-refractivity contribution in [1.82, 2.24) is 4.31 Å². The van der Waals surface area contributed by atoms with E-state index < -0.39 is 10.0 Å². The lowest BCUT2D eigenvalue weighted by Gasteiger charge is -2.30. The topological polar surface area (TPSA) is 75.7 Å². The Morgan fingerprint density at radius 2 is 1.81 bits per heavy atom. The minimum atomic E-state index is -3.52. The van der Waals surface area contributed by atoms with Crippen molar-refractivity contribution in [3.63, 3.8) is 0 Å². The number of hydrogen-bond donors (Lipinski definition) is 1. The lowest BCUT2D eigenvalue weighted by atomic mass is 9.97. The number of nitrogens with one attached hydrogen (secondary N) is 1. The number of anilines is 1. The summed E-state index contributed by atoms with van der Waals surface area (Å²) in [5, 5.41) is 2.89. The van der Waals surface area contributed by atoms with Gasteiger partial charge in [0.2, 0.25) is 15.9 Å². The van der Waals surface area contributed by atoms with Gasteiger partial charge in [-0.05, 0) is 49.6 Å². The molecule has 1 N–H and O–H groups in total. The molecule has 2 aromatic carbocycles. The summed E-state index contributed by atoms with van der Waals surface area (Å²) in [4.78, 5) is 12.9. The number of piperidine rings is 1. The second-order valence-corrected chi connectivity index (χ2v) is 8.62. The van der Waals surface area contributed by atoms with Crippen LogP contribution in [0, 0.1) is 12.8 Å². The highest BCUT2D eigenvalue weighted by Gasteiger charge is 2.32. The minimum absolute atomic E-state index is 0.105. The summed E-state index contributed by atoms with van der Waals surface area (Å²) in [6.07, 6.45) is 0.984. The third-order valence-corrected chi connectivity index (χ3v) is 6.71. The van der Waals surface area contributed by atoms with Gasteiger partial charge < -0.3 is 10.1 Å². The minimum Gasteiger partial charge on any atom is -0.495 e. The maximum atomic E-state index is 12.8. The second-order valence-electron chi connectivity index (χ2n) is 6.68. The van der Waals surface area contributed by atoms with Crippen molar-refractivity contribution in [2.24, 2.45) is 5.92 Å². The Kier molecular flexibility index (Phi) is 5.82. The summed E-state index contributed by atoms with van der Waals surface area (Å²) in [7, 11) is -1.97. The first-order valence-electron chi connectivity index (χ1n) is 8.92. The number of carbonyl (C=O) groups is 1. The Labute approximate surface area is 160 Å². The monoisotopic (exact) mass is 388 g/mol. The standard InChI is InChI=1S/C20H24N2O4S/c1-15-6-5-7-17(14-15)27(24,25)22-12-10-16(11-13-22)20(23)21-18-8-3-4-9-19(18)26-2/h3-9,14,16H,10-13H2,1-2H3,(H,21,23). The molecule has 1 amide bonds. The Balaban J connectivity index is 1.64. The quantitative estimate of drug-likeness (QED) is 0.854. The van der Waals surface area contributed by atoms with Crippen molar-refractivity contribution in [2.75, 3.05) is 25.5 Å². The summed E-state index contributed by atoms with van der Waals surface area (Å²) >= 11 is 0. The molecule has 0 atom stereocenters. The number of hydrogen-bond acceptors (Lipinski definition) is 4. The van der Waals surface area contributed by atoms with Crippen molar-refractivity contribution in [3.8, 4) is 5.75 Å². The molecule has 27 heavy (non-hydrogen) atoms. The fourth-order valence-electron chi connectivity index (χ4n) is 3.27. The van der Waals surface area contributed by atoms with Gasteiger partial charge in [-0.1, -0.05) is 24.3 Å². The predicted molar refractivity (Wildman–Crippen MR) is 104 cm³/mol. The third-order valence-electron chi connectivity index (χ3n) is 4.82. The number of sulfonamides is 1. The van der Waals surface area contributed by atoms with E-state index in [1.54, 1.807) is 37.4 Å². The van der Waals surface area contributed by atoms with Crippen LogP contribution < -0.4 is 10.1 Å². The number of aryl methyl sites for hydroxylation is 1. The molecule has 1 saturated heterocycles. The Bertz CT molecular complexity index is 919. The molecule has 3 rings (SSSR count). The number of amides is 1. The number of carbonyl (C=O) groups excluding carboxylic acids is 1. The number of rotatable bonds is 5. The molecule has 1 fully saturated rings. The van der Waals surface area contributed by atoms with Gasteiger partial charge >= 0.3 is 0 Å². The van der Waals surface area contributed by atoms with Crippen LogP contribution in [0.5, 0.6) is 5.75 Å². The number of para-hydroxylation sites is 2. The number of benzene rings is 2. The lowest BCUT2D eigenvalue weighted by Crippen LogP contribution is -2.41. The highest BCUT2D eigenvalue weighted by molar-refractivity contribution is 7.89. The van der Waals surface area contributed by atoms with E-state index in [1.165, 1.54) is 4.31 Å². The number of methoxy groups -OCH3 is 1. The molecule has 1 heterocycles. The fourth-order valence-corrected chi connectivity index (χ4v) is 4.84. The molecule has 0 aromatic heterocycles. The summed E-state index contributed by atoms with van der Waals surface area (Å²) in [5.41, 5.74) is 1.53. The van der Waals surface area contributed by atoms with Gasteiger partial charge in [0.15, 0.2) is 0 Å². The van der Waals surface area contributed by atoms with E-state index in [0.29, 0.717) is 42.3 Å². The van der Waals surface area contributed by atoms with E-state index in [9.17, 15) is 13.2 Å². The molecular weight excluding hydrogens is 364 g/mol. The normalized spacial score (nSPS) is 16.1. The van der Waals surface area contributed by atoms with Gasteiger partial charge in [0.25, 0.3) is 0 Å². The molecule has 0 aliphatic carbocycles. The molecule has 0 spiro atoms. The van der Waals surface area contributed by atoms with Crippen LogP contribution in [0.4, 0.5) is 5.69 Å². The van der Waals surface area contributed by atoms with Crippen LogP contribution in [0.25, 0.3) is 0 Å². The molecule has 2 aromatic rings. The predicted octanol–water partition coefficient (Wildman–Crippen LogP) is 3.04. The van der Waals surface area contributed by atoms with Crippen molar-refractivity contribution in [2.45, 2.75) is 24.7 Å². The molecule has 144 valence electrons. The van der Waals surface area contributed by atoms with E-state index >= 15 is 0 Å². The first kappa shape index (κ1) is 19.4. The van der Waals surface area contributed by atoms with Crippen LogP contribution in [0.1, 0.15) is 18.4 Å². The zero-order valence-electron chi connectivity index (χ0n) is 15.5. The van der Waals surface area contributed by atoms with Crippen LogP contribution in [-0.4, -0.2) is 38.8 Å². The van der Waals surface area contributed by atoms with Gasteiger partial charge in [-0.15, -0.1) is 0 Å². The van der Waals surface area contributed by atoms with E-state index in [-0.39, 0.29) is 11.8 Å². The average molecular weight is 388 g/mol. The van der Waals surface area contributed by atoms with Crippen molar-refractivity contribution >= 4 is 21.6 Å². The summed E-state index contributed by atoms with van der Waals surface area (Å²) in [5.74, 6) is 0.274. The smallest absolute Gasteiger partial charge is 0.243 e. The summed E-state index contributed by atoms with van der Waals surface area (Å²) < 4.78 is 32.3. The van der Waals surface area contributed by atoms with E-state index in [0.717, 1.165) is 5.56 Å². The molecule has 1 aliphatic rings. The lowest BCUT2D eigenvalue weighted by molar-refractivity contribution is -0.120. The van der Waals surface area contributed by atoms with E-state index in [1.807, 2.05) is 25.1 Å². The fraction of sp³-hybridized carbons (Fsp3) is 0.350. The van der Waals surface area contributed by atoms with Gasteiger partial charge in [0.1, 0.15) is 5.75 Å². The van der Waals surface area contributed by atoms with Crippen LogP contribution in [0.2, 0.25) is 0 Å². The van der Waals surface area contributed by atoms with Crippen LogP contribution in [0.3, 0.4) is 0 Å². The molecule has 6 nitrogen and oxygen atoms in total. The first-order valence-corrected chi connectivity index (χ1v) is 10.4. The van der Waals surface area contributed by atoms with Crippen LogP contribution in [0.15, 0.2) is 53.4 Å². The maximum Gasteiger partial charge on any atom is 0.243 e. The zero-order chi connectivity index (χ0) is 19.4. The third kappa shape index (κ3) is 4.31. The SMILES string of the molecule is COc1ccccc1NC(=O)C1CCN(S(=O)(=O)c2cccc(C)c2)CC1. The average Bonchev–Trinajstić information content (AvgIpc) is 2.68. The van der Waals surface area contributed by atoms with Crippen LogP contribution >= 0.6 is 0 Å². The zero-order valence-corrected chi connectivity index (χ0v) is 16.3. The molecular formula is C20H24N2O4S. The highest BCUT2D eigenvalue weighted by atomic mass is 32.2. The Morgan fingerprint density at radius 3 is 2.48 bits per heavy atom. The first-order chi connectivity index (χ1) is 12.9.